The van der Waals surface area contributed by atoms with Crippen LogP contribution in [-0.2, 0) is 9.59 Å². The average molecular weight is 399 g/mol. The second-order valence-corrected chi connectivity index (χ2v) is 5.94. The van der Waals surface area contributed by atoms with Gasteiger partial charge in [-0.25, -0.2) is 5.01 Å². The maximum atomic E-state index is 12.6. The number of hydrazine groups is 1. The van der Waals surface area contributed by atoms with Crippen LogP contribution in [0.3, 0.4) is 0 Å². The fraction of sp³-hybridized carbons (Fsp3) is 0.0556. The molecule has 2 amide bonds. The molecule has 0 atom stereocenters. The number of amides is 2. The summed E-state index contributed by atoms with van der Waals surface area (Å²) in [5.41, 5.74) is 2.36. The monoisotopic (exact) mass is 398 g/mol. The van der Waals surface area contributed by atoms with Gasteiger partial charge in [0.05, 0.1) is 15.6 Å². The standard InChI is InChI=1S/C18H11ClN4O5/c19-14-9-11(10-15(23(26)27)16(14)28-7-6-20)8-13-17(24)21-22(18(13)25)12-4-2-1-3-5-12/h1-5,8-10H,7H2,(H,21,24)/b13-8-. The number of hydrogen-bond donors (Lipinski definition) is 1. The summed E-state index contributed by atoms with van der Waals surface area (Å²) in [6.07, 6.45) is 1.20. The SMILES string of the molecule is N#CCOc1c(Cl)cc(/C=C2/C(=O)NN(c3ccccc3)C2=O)cc1[N+](=O)[O-]. The Hall–Kier alpha value is -3.90. The lowest BCUT2D eigenvalue weighted by Crippen LogP contribution is -2.35. The number of nitro groups is 1. The van der Waals surface area contributed by atoms with Crippen LogP contribution in [0.1, 0.15) is 5.56 Å². The van der Waals surface area contributed by atoms with Gasteiger partial charge in [-0.3, -0.25) is 25.1 Å². The van der Waals surface area contributed by atoms with Crippen molar-refractivity contribution in [3.63, 3.8) is 0 Å². The highest BCUT2D eigenvalue weighted by Crippen LogP contribution is 2.37. The van der Waals surface area contributed by atoms with Crippen molar-refractivity contribution >= 4 is 40.9 Å². The molecule has 0 bridgehead atoms. The molecule has 10 heteroatoms. The molecule has 0 spiro atoms. The number of carbonyl (C=O) groups is 2. The summed E-state index contributed by atoms with van der Waals surface area (Å²) in [6, 6.07) is 12.6. The molecule has 1 aliphatic heterocycles. The van der Waals surface area contributed by atoms with E-state index in [9.17, 15) is 19.7 Å². The zero-order valence-corrected chi connectivity index (χ0v) is 14.8. The molecule has 1 fully saturated rings. The minimum atomic E-state index is -0.729. The van der Waals surface area contributed by atoms with Gasteiger partial charge in [0.25, 0.3) is 11.8 Å². The number of para-hydroxylation sites is 1. The maximum absolute atomic E-state index is 12.6. The number of nitriles is 1. The Morgan fingerprint density at radius 2 is 2.00 bits per heavy atom. The van der Waals surface area contributed by atoms with Crippen molar-refractivity contribution in [2.45, 2.75) is 0 Å². The Morgan fingerprint density at radius 1 is 1.29 bits per heavy atom. The number of nitrogens with one attached hydrogen (secondary N) is 1. The van der Waals surface area contributed by atoms with Crippen LogP contribution in [0.4, 0.5) is 11.4 Å². The summed E-state index contributed by atoms with van der Waals surface area (Å²) in [5, 5.41) is 20.8. The summed E-state index contributed by atoms with van der Waals surface area (Å²) in [7, 11) is 0. The van der Waals surface area contributed by atoms with E-state index >= 15 is 0 Å². The van der Waals surface area contributed by atoms with Crippen molar-refractivity contribution in [3.05, 3.63) is 68.7 Å². The zero-order chi connectivity index (χ0) is 20.3. The predicted octanol–water partition coefficient (Wildman–Crippen LogP) is 2.61. The molecule has 0 saturated carbocycles. The largest absolute Gasteiger partial charge is 0.470 e. The highest BCUT2D eigenvalue weighted by atomic mass is 35.5. The van der Waals surface area contributed by atoms with Crippen molar-refractivity contribution in [2.24, 2.45) is 0 Å². The molecule has 1 saturated heterocycles. The van der Waals surface area contributed by atoms with E-state index in [1.807, 2.05) is 0 Å². The van der Waals surface area contributed by atoms with Crippen LogP contribution in [0, 0.1) is 21.4 Å². The van der Waals surface area contributed by atoms with Gasteiger partial charge in [0, 0.05) is 6.07 Å². The van der Waals surface area contributed by atoms with Crippen molar-refractivity contribution < 1.29 is 19.2 Å². The Balaban J connectivity index is 1.99. The van der Waals surface area contributed by atoms with Gasteiger partial charge in [0.15, 0.2) is 6.61 Å². The highest BCUT2D eigenvalue weighted by molar-refractivity contribution is 6.33. The van der Waals surface area contributed by atoms with Crippen LogP contribution in [0.15, 0.2) is 48.0 Å². The molecule has 2 aromatic rings. The summed E-state index contributed by atoms with van der Waals surface area (Å²) < 4.78 is 5.01. The molecule has 0 aliphatic carbocycles. The number of nitro benzene ring substituents is 1. The van der Waals surface area contributed by atoms with Gasteiger partial charge in [0.1, 0.15) is 11.6 Å². The summed E-state index contributed by atoms with van der Waals surface area (Å²) >= 11 is 6.03. The molecule has 2 aromatic carbocycles. The van der Waals surface area contributed by atoms with Gasteiger partial charge in [-0.15, -0.1) is 0 Å². The molecule has 140 valence electrons. The second-order valence-electron chi connectivity index (χ2n) is 5.53. The van der Waals surface area contributed by atoms with Crippen molar-refractivity contribution in [2.75, 3.05) is 11.6 Å². The smallest absolute Gasteiger partial charge is 0.313 e. The third-order valence-corrected chi connectivity index (χ3v) is 4.02. The number of anilines is 1. The number of halogens is 1. The molecule has 0 unspecified atom stereocenters. The van der Waals surface area contributed by atoms with E-state index in [2.05, 4.69) is 5.43 Å². The van der Waals surface area contributed by atoms with Crippen LogP contribution < -0.4 is 15.2 Å². The van der Waals surface area contributed by atoms with Crippen LogP contribution in [0.5, 0.6) is 5.75 Å². The first-order valence-electron chi connectivity index (χ1n) is 7.82. The molecule has 0 radical (unpaired) electrons. The first-order valence-corrected chi connectivity index (χ1v) is 8.20. The molecule has 9 nitrogen and oxygen atoms in total. The van der Waals surface area contributed by atoms with E-state index in [-0.39, 0.29) is 21.9 Å². The van der Waals surface area contributed by atoms with E-state index in [1.165, 1.54) is 12.1 Å². The number of nitrogens with zero attached hydrogens (tertiary/aromatic N) is 3. The van der Waals surface area contributed by atoms with Gasteiger partial charge in [0.2, 0.25) is 5.75 Å². The molecule has 28 heavy (non-hydrogen) atoms. The minimum absolute atomic E-state index is 0.123. The summed E-state index contributed by atoms with van der Waals surface area (Å²) in [6.45, 7) is -0.423. The van der Waals surface area contributed by atoms with Crippen LogP contribution in [0.25, 0.3) is 6.08 Å². The third kappa shape index (κ3) is 3.62. The average Bonchev–Trinajstić information content (AvgIpc) is 2.95. The molecule has 1 N–H and O–H groups in total. The summed E-state index contributed by atoms with van der Waals surface area (Å²) in [5.74, 6) is -1.53. The number of ether oxygens (including phenoxy) is 1. The fourth-order valence-electron chi connectivity index (χ4n) is 2.55. The van der Waals surface area contributed by atoms with E-state index in [0.29, 0.717) is 5.69 Å². The lowest BCUT2D eigenvalue weighted by Gasteiger charge is -2.13. The predicted molar refractivity (Wildman–Crippen MR) is 99.3 cm³/mol. The number of benzene rings is 2. The second kappa shape index (κ2) is 7.77. The Labute approximate surface area is 163 Å². The van der Waals surface area contributed by atoms with Gasteiger partial charge in [-0.2, -0.15) is 5.26 Å². The van der Waals surface area contributed by atoms with Crippen LogP contribution >= 0.6 is 11.6 Å². The van der Waals surface area contributed by atoms with Crippen molar-refractivity contribution in [1.82, 2.24) is 5.43 Å². The molecular weight excluding hydrogens is 388 g/mol. The molecule has 0 aromatic heterocycles. The Kier molecular flexibility index (Phi) is 5.24. The fourth-order valence-corrected chi connectivity index (χ4v) is 2.83. The Morgan fingerprint density at radius 3 is 2.64 bits per heavy atom. The van der Waals surface area contributed by atoms with Crippen LogP contribution in [-0.4, -0.2) is 23.3 Å². The number of rotatable bonds is 5. The maximum Gasteiger partial charge on any atom is 0.313 e. The lowest BCUT2D eigenvalue weighted by molar-refractivity contribution is -0.385. The third-order valence-electron chi connectivity index (χ3n) is 3.74. The summed E-state index contributed by atoms with van der Waals surface area (Å²) in [4.78, 5) is 35.4. The first-order chi connectivity index (χ1) is 13.4. The molecule has 3 rings (SSSR count). The number of hydrogen-bond acceptors (Lipinski definition) is 6. The van der Waals surface area contributed by atoms with E-state index in [4.69, 9.17) is 21.6 Å². The molecular formula is C18H11ClN4O5. The van der Waals surface area contributed by atoms with Crippen molar-refractivity contribution in [1.29, 1.82) is 5.26 Å². The number of carbonyl (C=O) groups excluding carboxylic acids is 2. The molecule has 1 heterocycles. The first kappa shape index (κ1) is 18.9. The van der Waals surface area contributed by atoms with Gasteiger partial charge in [-0.05, 0) is 29.8 Å². The minimum Gasteiger partial charge on any atom is -0.470 e. The zero-order valence-electron chi connectivity index (χ0n) is 14.1. The highest BCUT2D eigenvalue weighted by Gasteiger charge is 2.34. The lowest BCUT2D eigenvalue weighted by atomic mass is 10.1. The van der Waals surface area contributed by atoms with Gasteiger partial charge in [-0.1, -0.05) is 29.8 Å². The van der Waals surface area contributed by atoms with Gasteiger partial charge < -0.3 is 4.74 Å². The van der Waals surface area contributed by atoms with Crippen LogP contribution in [0.2, 0.25) is 5.02 Å². The van der Waals surface area contributed by atoms with Gasteiger partial charge >= 0.3 is 5.69 Å². The topological polar surface area (TPSA) is 126 Å². The van der Waals surface area contributed by atoms with E-state index in [1.54, 1.807) is 36.4 Å². The Bertz CT molecular complexity index is 1050. The van der Waals surface area contributed by atoms with E-state index < -0.39 is 29.0 Å². The normalized spacial score (nSPS) is 14.7. The quantitative estimate of drug-likeness (QED) is 0.357. The van der Waals surface area contributed by atoms with Crippen molar-refractivity contribution in [3.8, 4) is 11.8 Å². The molecule has 1 aliphatic rings. The van der Waals surface area contributed by atoms with E-state index in [0.717, 1.165) is 11.1 Å².